The molecule has 0 amide bonds. The van der Waals surface area contributed by atoms with Crippen LogP contribution in [0.1, 0.15) is 12.2 Å². The lowest BCUT2D eigenvalue weighted by Gasteiger charge is -2.05. The maximum atomic E-state index is 11.0. The number of methoxy groups -OCH3 is 1. The summed E-state index contributed by atoms with van der Waals surface area (Å²) in [7, 11) is -1.29. The Morgan fingerprint density at radius 3 is 2.89 bits per heavy atom. The molecule has 1 N–H and O–H groups in total. The van der Waals surface area contributed by atoms with E-state index in [-0.39, 0.29) is 5.75 Å². The van der Waals surface area contributed by atoms with Gasteiger partial charge in [-0.05, 0) is 16.8 Å². The van der Waals surface area contributed by atoms with Gasteiger partial charge >= 0.3 is 0 Å². The van der Waals surface area contributed by atoms with Gasteiger partial charge in [-0.3, -0.25) is 0 Å². The third-order valence-electron chi connectivity index (χ3n) is 2.26. The number of aromatic nitrogens is 4. The van der Waals surface area contributed by atoms with E-state index in [1.54, 1.807) is 11.8 Å². The van der Waals surface area contributed by atoms with Crippen molar-refractivity contribution < 1.29 is 13.2 Å². The molecule has 0 aromatic carbocycles. The number of rotatable bonds is 9. The molecule has 1 heterocycles. The predicted octanol–water partition coefficient (Wildman–Crippen LogP) is -1.16. The number of tetrazole rings is 1. The minimum Gasteiger partial charge on any atom is -0.383 e. The highest BCUT2D eigenvalue weighted by Gasteiger charge is 2.07. The van der Waals surface area contributed by atoms with Crippen LogP contribution in [0.2, 0.25) is 0 Å². The van der Waals surface area contributed by atoms with E-state index in [4.69, 9.17) is 4.74 Å². The van der Waals surface area contributed by atoms with Crippen LogP contribution in [-0.2, 0) is 27.7 Å². The van der Waals surface area contributed by atoms with E-state index in [0.717, 1.165) is 0 Å². The van der Waals surface area contributed by atoms with Gasteiger partial charge in [-0.1, -0.05) is 0 Å². The van der Waals surface area contributed by atoms with E-state index in [1.807, 2.05) is 0 Å². The molecule has 0 aliphatic heterocycles. The zero-order valence-corrected chi connectivity index (χ0v) is 11.5. The van der Waals surface area contributed by atoms with E-state index in [0.29, 0.717) is 38.5 Å². The maximum absolute atomic E-state index is 11.0. The van der Waals surface area contributed by atoms with Crippen LogP contribution >= 0.6 is 0 Å². The summed E-state index contributed by atoms with van der Waals surface area (Å²) in [6, 6.07) is 0. The fourth-order valence-electron chi connectivity index (χ4n) is 1.37. The number of hydrogen-bond donors (Lipinski definition) is 1. The molecule has 18 heavy (non-hydrogen) atoms. The minimum absolute atomic E-state index is 0.142. The fraction of sp³-hybridized carbons (Fsp3) is 0.889. The molecule has 0 unspecified atom stereocenters. The van der Waals surface area contributed by atoms with Crippen molar-refractivity contribution in [2.24, 2.45) is 0 Å². The molecule has 1 aromatic rings. The van der Waals surface area contributed by atoms with Crippen molar-refractivity contribution in [3.05, 3.63) is 5.82 Å². The molecule has 1 aromatic heterocycles. The molecule has 0 saturated carbocycles. The molecular weight excluding hydrogens is 258 g/mol. The zero-order valence-electron chi connectivity index (χ0n) is 10.7. The monoisotopic (exact) mass is 277 g/mol. The highest BCUT2D eigenvalue weighted by Crippen LogP contribution is 1.96. The number of nitrogens with zero attached hydrogens (tertiary/aromatic N) is 4. The highest BCUT2D eigenvalue weighted by molar-refractivity contribution is 7.90. The van der Waals surface area contributed by atoms with Crippen LogP contribution in [0.25, 0.3) is 0 Å². The fourth-order valence-corrected chi connectivity index (χ4v) is 2.03. The van der Waals surface area contributed by atoms with E-state index >= 15 is 0 Å². The topological polar surface area (TPSA) is 99.0 Å². The van der Waals surface area contributed by atoms with Gasteiger partial charge in [0.25, 0.3) is 0 Å². The highest BCUT2D eigenvalue weighted by atomic mass is 32.2. The van der Waals surface area contributed by atoms with Gasteiger partial charge in [-0.15, -0.1) is 5.10 Å². The molecule has 0 bridgehead atoms. The smallest absolute Gasteiger partial charge is 0.165 e. The summed E-state index contributed by atoms with van der Waals surface area (Å²) in [5, 5.41) is 14.4. The normalized spacial score (nSPS) is 11.9. The second-order valence-corrected chi connectivity index (χ2v) is 6.23. The van der Waals surface area contributed by atoms with Crippen molar-refractivity contribution >= 4 is 9.84 Å². The summed E-state index contributed by atoms with van der Waals surface area (Å²) in [5.74, 6) is 0.836. The number of ether oxygens (including phenoxy) is 1. The molecule has 8 nitrogen and oxygen atoms in total. The average molecular weight is 277 g/mol. The van der Waals surface area contributed by atoms with Gasteiger partial charge < -0.3 is 10.1 Å². The molecule has 1 rings (SSSR count). The molecule has 0 fully saturated rings. The van der Waals surface area contributed by atoms with Gasteiger partial charge in [-0.25, -0.2) is 13.1 Å². The average Bonchev–Trinajstić information content (AvgIpc) is 2.71. The van der Waals surface area contributed by atoms with Gasteiger partial charge in [0, 0.05) is 26.5 Å². The van der Waals surface area contributed by atoms with Crippen LogP contribution < -0.4 is 5.32 Å². The first-order valence-electron chi connectivity index (χ1n) is 5.65. The number of aryl methyl sites for hydroxylation is 1. The molecule has 104 valence electrons. The third kappa shape index (κ3) is 6.03. The van der Waals surface area contributed by atoms with Crippen molar-refractivity contribution in [2.45, 2.75) is 19.5 Å². The Morgan fingerprint density at radius 2 is 2.22 bits per heavy atom. The third-order valence-corrected chi connectivity index (χ3v) is 3.29. The number of sulfone groups is 1. The maximum Gasteiger partial charge on any atom is 0.165 e. The van der Waals surface area contributed by atoms with Crippen molar-refractivity contribution in [3.63, 3.8) is 0 Å². The quantitative estimate of drug-likeness (QED) is 0.569. The summed E-state index contributed by atoms with van der Waals surface area (Å²) < 4.78 is 28.5. The lowest BCUT2D eigenvalue weighted by Crippen LogP contribution is -2.21. The van der Waals surface area contributed by atoms with E-state index < -0.39 is 9.84 Å². The molecular formula is C9H19N5O3S. The van der Waals surface area contributed by atoms with Crippen molar-refractivity contribution in [3.8, 4) is 0 Å². The van der Waals surface area contributed by atoms with Crippen molar-refractivity contribution in [1.82, 2.24) is 25.5 Å². The van der Waals surface area contributed by atoms with Crippen LogP contribution in [0.3, 0.4) is 0 Å². The van der Waals surface area contributed by atoms with Gasteiger partial charge in [0.2, 0.25) is 0 Å². The first kappa shape index (κ1) is 15.0. The summed E-state index contributed by atoms with van der Waals surface area (Å²) in [6.07, 6.45) is 1.73. The first-order valence-corrected chi connectivity index (χ1v) is 7.71. The Balaban J connectivity index is 2.35. The van der Waals surface area contributed by atoms with Crippen LogP contribution in [0, 0.1) is 0 Å². The molecule has 0 aliphatic carbocycles. The van der Waals surface area contributed by atoms with Gasteiger partial charge in [0.1, 0.15) is 9.84 Å². The second kappa shape index (κ2) is 7.39. The van der Waals surface area contributed by atoms with E-state index in [9.17, 15) is 8.42 Å². The van der Waals surface area contributed by atoms with Crippen LogP contribution in [-0.4, -0.2) is 60.9 Å². The van der Waals surface area contributed by atoms with Gasteiger partial charge in [0.15, 0.2) is 5.82 Å². The predicted molar refractivity (Wildman–Crippen MR) is 65.7 cm³/mol. The Kier molecular flexibility index (Phi) is 6.16. The van der Waals surface area contributed by atoms with Crippen LogP contribution in [0.5, 0.6) is 0 Å². The lowest BCUT2D eigenvalue weighted by molar-refractivity contribution is 0.198. The largest absolute Gasteiger partial charge is 0.383 e. The Bertz CT molecular complexity index is 445. The first-order chi connectivity index (χ1) is 8.53. The standard InChI is InChI=1S/C9H19N5O3S/c1-17-6-4-10-8-9-11-12-13-14(9)5-3-7-18(2,15)16/h10H,3-8H2,1-2H3. The van der Waals surface area contributed by atoms with Gasteiger partial charge in [0.05, 0.1) is 18.9 Å². The van der Waals surface area contributed by atoms with Crippen molar-refractivity contribution in [2.75, 3.05) is 32.3 Å². The Hall–Kier alpha value is -1.06. The molecule has 0 aliphatic rings. The number of hydrogen-bond acceptors (Lipinski definition) is 7. The minimum atomic E-state index is -2.93. The summed E-state index contributed by atoms with van der Waals surface area (Å²) >= 11 is 0. The van der Waals surface area contributed by atoms with Crippen molar-refractivity contribution in [1.29, 1.82) is 0 Å². The SMILES string of the molecule is COCCNCc1nnnn1CCCS(C)(=O)=O. The molecule has 0 atom stereocenters. The molecule has 0 saturated heterocycles. The Labute approximate surface area is 107 Å². The summed E-state index contributed by atoms with van der Waals surface area (Å²) in [4.78, 5) is 0. The van der Waals surface area contributed by atoms with E-state index in [2.05, 4.69) is 20.8 Å². The number of nitrogens with one attached hydrogen (secondary N) is 1. The van der Waals surface area contributed by atoms with Crippen LogP contribution in [0.15, 0.2) is 0 Å². The Morgan fingerprint density at radius 1 is 1.44 bits per heavy atom. The molecule has 9 heteroatoms. The van der Waals surface area contributed by atoms with Gasteiger partial charge in [-0.2, -0.15) is 0 Å². The summed E-state index contributed by atoms with van der Waals surface area (Å²) in [5.41, 5.74) is 0. The molecule has 0 radical (unpaired) electrons. The van der Waals surface area contributed by atoms with Crippen LogP contribution in [0.4, 0.5) is 0 Å². The summed E-state index contributed by atoms with van der Waals surface area (Å²) in [6.45, 7) is 2.37. The lowest BCUT2D eigenvalue weighted by atomic mass is 10.4. The second-order valence-electron chi connectivity index (χ2n) is 3.97. The zero-order chi connectivity index (χ0) is 13.4. The molecule has 0 spiro atoms. The van der Waals surface area contributed by atoms with E-state index in [1.165, 1.54) is 6.26 Å².